The summed E-state index contributed by atoms with van der Waals surface area (Å²) in [6, 6.07) is 5.72. The van der Waals surface area contributed by atoms with Crippen molar-refractivity contribution in [1.82, 2.24) is 4.98 Å². The van der Waals surface area contributed by atoms with E-state index < -0.39 is 0 Å². The Balaban J connectivity index is 1.56. The molecule has 1 aromatic carbocycles. The number of aromatic nitrogens is 1. The van der Waals surface area contributed by atoms with E-state index in [9.17, 15) is 4.79 Å². The number of carbonyl (C=O) groups excluding carboxylic acids is 1. The first-order valence-electron chi connectivity index (χ1n) is 8.26. The minimum absolute atomic E-state index is 0.208. The van der Waals surface area contributed by atoms with E-state index in [0.29, 0.717) is 35.4 Å². The molecule has 0 saturated heterocycles. The molecule has 4 rings (SSSR count). The van der Waals surface area contributed by atoms with Gasteiger partial charge in [0.15, 0.2) is 16.6 Å². The van der Waals surface area contributed by atoms with E-state index in [1.165, 1.54) is 11.3 Å². The van der Waals surface area contributed by atoms with Crippen LogP contribution in [-0.2, 0) is 0 Å². The van der Waals surface area contributed by atoms with Gasteiger partial charge in [0.1, 0.15) is 24.7 Å². The van der Waals surface area contributed by atoms with Gasteiger partial charge in [-0.15, -0.1) is 11.3 Å². The lowest BCUT2D eigenvalue weighted by atomic mass is 10.1. The van der Waals surface area contributed by atoms with Crippen LogP contribution in [0, 0.1) is 20.8 Å². The molecule has 1 aliphatic rings. The van der Waals surface area contributed by atoms with Crippen molar-refractivity contribution in [1.29, 1.82) is 0 Å². The summed E-state index contributed by atoms with van der Waals surface area (Å²) in [5.41, 5.74) is 3.11. The number of anilines is 1. The van der Waals surface area contributed by atoms with Gasteiger partial charge in [0.2, 0.25) is 0 Å². The van der Waals surface area contributed by atoms with Crippen molar-refractivity contribution in [2.75, 3.05) is 18.5 Å². The number of thiazole rings is 1. The standard InChI is InChI=1S/C19H18N2O4S/c1-10-11(2)25-12(3)17(10)18(22)21-19-20-14(9-26-19)13-4-5-15-16(8-13)24-7-6-23-15/h4-5,8-9H,6-7H2,1-3H3,(H,20,21,22). The second kappa shape index (κ2) is 6.49. The molecule has 1 N–H and O–H groups in total. The lowest BCUT2D eigenvalue weighted by Gasteiger charge is -2.18. The molecule has 26 heavy (non-hydrogen) atoms. The molecule has 0 radical (unpaired) electrons. The maximum Gasteiger partial charge on any atom is 0.261 e. The molecule has 6 nitrogen and oxygen atoms in total. The van der Waals surface area contributed by atoms with Crippen LogP contribution in [0.1, 0.15) is 27.4 Å². The van der Waals surface area contributed by atoms with E-state index in [-0.39, 0.29) is 5.91 Å². The highest BCUT2D eigenvalue weighted by molar-refractivity contribution is 7.14. The number of furan rings is 1. The summed E-state index contributed by atoms with van der Waals surface area (Å²) in [5.74, 6) is 2.61. The van der Waals surface area contributed by atoms with Gasteiger partial charge in [-0.2, -0.15) is 0 Å². The van der Waals surface area contributed by atoms with Crippen LogP contribution in [0.5, 0.6) is 11.5 Å². The normalized spacial score (nSPS) is 12.9. The van der Waals surface area contributed by atoms with Gasteiger partial charge in [-0.25, -0.2) is 4.98 Å². The Morgan fingerprint density at radius 3 is 2.62 bits per heavy atom. The molecule has 7 heteroatoms. The first-order chi connectivity index (χ1) is 12.5. The van der Waals surface area contributed by atoms with Crippen molar-refractivity contribution in [2.45, 2.75) is 20.8 Å². The zero-order valence-corrected chi connectivity index (χ0v) is 15.5. The lowest BCUT2D eigenvalue weighted by molar-refractivity contribution is 0.102. The maximum absolute atomic E-state index is 12.6. The van der Waals surface area contributed by atoms with E-state index >= 15 is 0 Å². The molecule has 0 unspecified atom stereocenters. The van der Waals surface area contributed by atoms with Crippen molar-refractivity contribution >= 4 is 22.4 Å². The number of ether oxygens (including phenoxy) is 2. The van der Waals surface area contributed by atoms with Gasteiger partial charge in [0.05, 0.1) is 11.3 Å². The molecule has 1 aliphatic heterocycles. The predicted molar refractivity (Wildman–Crippen MR) is 99.4 cm³/mol. The summed E-state index contributed by atoms with van der Waals surface area (Å²) in [6.45, 7) is 6.62. The van der Waals surface area contributed by atoms with E-state index in [1.54, 1.807) is 6.92 Å². The third-order valence-electron chi connectivity index (χ3n) is 4.35. The van der Waals surface area contributed by atoms with Crippen molar-refractivity contribution in [3.05, 3.63) is 46.2 Å². The maximum atomic E-state index is 12.6. The Morgan fingerprint density at radius 1 is 1.12 bits per heavy atom. The third kappa shape index (κ3) is 2.94. The van der Waals surface area contributed by atoms with Crippen molar-refractivity contribution in [2.24, 2.45) is 0 Å². The number of rotatable bonds is 3. The number of hydrogen-bond donors (Lipinski definition) is 1. The largest absolute Gasteiger partial charge is 0.486 e. The first kappa shape index (κ1) is 16.7. The highest BCUT2D eigenvalue weighted by Gasteiger charge is 2.20. The number of nitrogens with one attached hydrogen (secondary N) is 1. The van der Waals surface area contributed by atoms with Crippen LogP contribution in [0.2, 0.25) is 0 Å². The van der Waals surface area contributed by atoms with Crippen LogP contribution in [0.15, 0.2) is 28.0 Å². The zero-order chi connectivity index (χ0) is 18.3. The summed E-state index contributed by atoms with van der Waals surface area (Å²) in [7, 11) is 0. The molecule has 2 aromatic heterocycles. The summed E-state index contributed by atoms with van der Waals surface area (Å²) < 4.78 is 16.7. The topological polar surface area (TPSA) is 73.6 Å². The summed E-state index contributed by atoms with van der Waals surface area (Å²) >= 11 is 1.38. The molecule has 0 spiro atoms. The van der Waals surface area contributed by atoms with E-state index in [0.717, 1.165) is 28.3 Å². The smallest absolute Gasteiger partial charge is 0.261 e. The van der Waals surface area contributed by atoms with Gasteiger partial charge in [-0.1, -0.05) is 0 Å². The lowest BCUT2D eigenvalue weighted by Crippen LogP contribution is -2.15. The molecule has 3 heterocycles. The van der Waals surface area contributed by atoms with Crippen LogP contribution < -0.4 is 14.8 Å². The first-order valence-corrected chi connectivity index (χ1v) is 9.14. The van der Waals surface area contributed by atoms with Gasteiger partial charge in [-0.3, -0.25) is 10.1 Å². The average Bonchev–Trinajstić information content (AvgIpc) is 3.19. The fraction of sp³-hybridized carbons (Fsp3) is 0.263. The van der Waals surface area contributed by atoms with Gasteiger partial charge in [-0.05, 0) is 39.0 Å². The number of fused-ring (bicyclic) bond motifs is 1. The van der Waals surface area contributed by atoms with Crippen molar-refractivity contribution in [3.8, 4) is 22.8 Å². The van der Waals surface area contributed by atoms with Gasteiger partial charge < -0.3 is 13.9 Å². The van der Waals surface area contributed by atoms with Crippen LogP contribution in [-0.4, -0.2) is 24.1 Å². The Labute approximate surface area is 154 Å². The van der Waals surface area contributed by atoms with Gasteiger partial charge in [0.25, 0.3) is 5.91 Å². The molecule has 0 aliphatic carbocycles. The van der Waals surface area contributed by atoms with Crippen molar-refractivity contribution < 1.29 is 18.7 Å². The van der Waals surface area contributed by atoms with E-state index in [1.807, 2.05) is 37.4 Å². The molecule has 0 saturated carbocycles. The predicted octanol–water partition coefficient (Wildman–Crippen LogP) is 4.35. The highest BCUT2D eigenvalue weighted by Crippen LogP contribution is 2.35. The summed E-state index contributed by atoms with van der Waals surface area (Å²) in [6.07, 6.45) is 0. The van der Waals surface area contributed by atoms with Gasteiger partial charge in [0, 0.05) is 16.5 Å². The fourth-order valence-electron chi connectivity index (χ4n) is 2.95. The van der Waals surface area contributed by atoms with Crippen LogP contribution in [0.25, 0.3) is 11.3 Å². The van der Waals surface area contributed by atoms with E-state index in [4.69, 9.17) is 13.9 Å². The Bertz CT molecular complexity index is 990. The SMILES string of the molecule is Cc1oc(C)c(C(=O)Nc2nc(-c3ccc4c(c3)OCCO4)cs2)c1C. The molecular formula is C19H18N2O4S. The number of aryl methyl sites for hydroxylation is 2. The number of carbonyl (C=O) groups is 1. The molecule has 134 valence electrons. The van der Waals surface area contributed by atoms with Crippen LogP contribution in [0.4, 0.5) is 5.13 Å². The minimum atomic E-state index is -0.208. The molecule has 1 amide bonds. The quantitative estimate of drug-likeness (QED) is 0.742. The Kier molecular flexibility index (Phi) is 4.16. The third-order valence-corrected chi connectivity index (χ3v) is 5.11. The molecule has 0 bridgehead atoms. The molecule has 0 fully saturated rings. The summed E-state index contributed by atoms with van der Waals surface area (Å²) in [4.78, 5) is 17.1. The molecule has 0 atom stereocenters. The van der Waals surface area contributed by atoms with Gasteiger partial charge >= 0.3 is 0 Å². The number of benzene rings is 1. The Morgan fingerprint density at radius 2 is 1.88 bits per heavy atom. The zero-order valence-electron chi connectivity index (χ0n) is 14.7. The molecule has 3 aromatic rings. The fourth-order valence-corrected chi connectivity index (χ4v) is 3.67. The van der Waals surface area contributed by atoms with Crippen molar-refractivity contribution in [3.63, 3.8) is 0 Å². The number of nitrogens with zero attached hydrogens (tertiary/aromatic N) is 1. The number of amides is 1. The second-order valence-corrected chi connectivity index (χ2v) is 6.92. The van der Waals surface area contributed by atoms with Crippen LogP contribution in [0.3, 0.4) is 0 Å². The minimum Gasteiger partial charge on any atom is -0.486 e. The molecular weight excluding hydrogens is 352 g/mol. The average molecular weight is 370 g/mol. The monoisotopic (exact) mass is 370 g/mol. The summed E-state index contributed by atoms with van der Waals surface area (Å²) in [5, 5.41) is 5.30. The Hall–Kier alpha value is -2.80. The highest BCUT2D eigenvalue weighted by atomic mass is 32.1. The second-order valence-electron chi connectivity index (χ2n) is 6.06. The number of hydrogen-bond acceptors (Lipinski definition) is 6. The van der Waals surface area contributed by atoms with Crippen LogP contribution >= 0.6 is 11.3 Å². The van der Waals surface area contributed by atoms with E-state index in [2.05, 4.69) is 10.3 Å².